The van der Waals surface area contributed by atoms with Gasteiger partial charge < -0.3 is 20.7 Å². The van der Waals surface area contributed by atoms with Gasteiger partial charge in [-0.3, -0.25) is 4.79 Å². The monoisotopic (exact) mass is 265 g/mol. The van der Waals surface area contributed by atoms with Crippen LogP contribution >= 0.6 is 0 Å². The molecule has 0 heterocycles. The quantitative estimate of drug-likeness (QED) is 0.639. The Balaban J connectivity index is 2.53. The Morgan fingerprint density at radius 2 is 1.95 bits per heavy atom. The van der Waals surface area contributed by atoms with Crippen LogP contribution in [0.1, 0.15) is 6.92 Å². The average molecular weight is 265 g/mol. The molecule has 0 aliphatic heterocycles. The van der Waals surface area contributed by atoms with Crippen LogP contribution in [0.3, 0.4) is 0 Å². The van der Waals surface area contributed by atoms with E-state index < -0.39 is 0 Å². The molecule has 0 saturated carbocycles. The molecule has 19 heavy (non-hydrogen) atoms. The number of carbonyl (C=O) groups is 2. The van der Waals surface area contributed by atoms with Crippen LogP contribution in [0.5, 0.6) is 0 Å². The van der Waals surface area contributed by atoms with Crippen molar-refractivity contribution in [3.05, 3.63) is 24.3 Å². The lowest BCUT2D eigenvalue weighted by molar-refractivity contribution is -0.145. The molecule has 0 spiro atoms. The molecule has 1 aromatic rings. The van der Waals surface area contributed by atoms with Crippen LogP contribution in [0.4, 0.5) is 16.2 Å². The van der Waals surface area contributed by atoms with Crippen molar-refractivity contribution in [2.75, 3.05) is 31.8 Å². The SMILES string of the molecule is COC(=O)C(C)CN(C)C(=O)Nc1ccc(N)cc1. The lowest BCUT2D eigenvalue weighted by Gasteiger charge is -2.20. The van der Waals surface area contributed by atoms with Crippen molar-refractivity contribution in [1.82, 2.24) is 4.90 Å². The van der Waals surface area contributed by atoms with Crippen LogP contribution in [-0.4, -0.2) is 37.6 Å². The lowest BCUT2D eigenvalue weighted by atomic mass is 10.2. The normalized spacial score (nSPS) is 11.5. The van der Waals surface area contributed by atoms with E-state index in [1.165, 1.54) is 12.0 Å². The molecule has 0 aliphatic rings. The summed E-state index contributed by atoms with van der Waals surface area (Å²) in [7, 11) is 2.94. The number of esters is 1. The molecule has 6 heteroatoms. The second-order valence-corrected chi connectivity index (χ2v) is 4.36. The number of urea groups is 1. The van der Waals surface area contributed by atoms with E-state index in [1.807, 2.05) is 0 Å². The predicted molar refractivity (Wildman–Crippen MR) is 73.7 cm³/mol. The summed E-state index contributed by atoms with van der Waals surface area (Å²) in [6.07, 6.45) is 0. The standard InChI is InChI=1S/C13H19N3O3/c1-9(12(17)19-3)8-16(2)13(18)15-11-6-4-10(14)5-7-11/h4-7,9H,8,14H2,1-3H3,(H,15,18). The molecule has 1 unspecified atom stereocenters. The maximum Gasteiger partial charge on any atom is 0.321 e. The molecule has 1 rings (SSSR count). The van der Waals surface area contributed by atoms with Crippen molar-refractivity contribution in [1.29, 1.82) is 0 Å². The second kappa shape index (κ2) is 6.63. The fraction of sp³-hybridized carbons (Fsp3) is 0.385. The summed E-state index contributed by atoms with van der Waals surface area (Å²) in [6.45, 7) is 1.99. The number of nitrogens with zero attached hydrogens (tertiary/aromatic N) is 1. The van der Waals surface area contributed by atoms with Crippen LogP contribution < -0.4 is 11.1 Å². The Hall–Kier alpha value is -2.24. The summed E-state index contributed by atoms with van der Waals surface area (Å²) in [5, 5.41) is 2.71. The third kappa shape index (κ3) is 4.50. The molecule has 0 aliphatic carbocycles. The van der Waals surface area contributed by atoms with E-state index in [-0.39, 0.29) is 24.5 Å². The Kier molecular flexibility index (Phi) is 5.17. The van der Waals surface area contributed by atoms with E-state index in [0.29, 0.717) is 11.4 Å². The van der Waals surface area contributed by atoms with Crippen molar-refractivity contribution in [3.8, 4) is 0 Å². The molecule has 0 saturated heterocycles. The molecule has 0 fully saturated rings. The molecule has 0 bridgehead atoms. The van der Waals surface area contributed by atoms with E-state index in [1.54, 1.807) is 38.2 Å². The largest absolute Gasteiger partial charge is 0.469 e. The number of carbonyl (C=O) groups excluding carboxylic acids is 2. The van der Waals surface area contributed by atoms with E-state index in [4.69, 9.17) is 5.73 Å². The minimum absolute atomic E-state index is 0.285. The summed E-state index contributed by atoms with van der Waals surface area (Å²) >= 11 is 0. The van der Waals surface area contributed by atoms with Gasteiger partial charge in [0.2, 0.25) is 0 Å². The van der Waals surface area contributed by atoms with Crippen molar-refractivity contribution in [3.63, 3.8) is 0 Å². The summed E-state index contributed by atoms with van der Waals surface area (Å²) in [6, 6.07) is 6.54. The molecule has 1 aromatic carbocycles. The highest BCUT2D eigenvalue weighted by molar-refractivity contribution is 5.89. The Labute approximate surface area is 112 Å². The van der Waals surface area contributed by atoms with Crippen molar-refractivity contribution >= 4 is 23.4 Å². The Morgan fingerprint density at radius 1 is 1.37 bits per heavy atom. The lowest BCUT2D eigenvalue weighted by Crippen LogP contribution is -2.36. The van der Waals surface area contributed by atoms with Gasteiger partial charge in [-0.1, -0.05) is 6.92 Å². The minimum Gasteiger partial charge on any atom is -0.469 e. The number of anilines is 2. The van der Waals surface area contributed by atoms with Crippen molar-refractivity contribution < 1.29 is 14.3 Å². The smallest absolute Gasteiger partial charge is 0.321 e. The highest BCUT2D eigenvalue weighted by atomic mass is 16.5. The number of rotatable bonds is 4. The highest BCUT2D eigenvalue weighted by Crippen LogP contribution is 2.11. The van der Waals surface area contributed by atoms with Crippen LogP contribution in [0.15, 0.2) is 24.3 Å². The maximum atomic E-state index is 11.9. The van der Waals surface area contributed by atoms with Gasteiger partial charge >= 0.3 is 12.0 Å². The molecule has 3 N–H and O–H groups in total. The first-order valence-corrected chi connectivity index (χ1v) is 5.89. The van der Waals surface area contributed by atoms with Gasteiger partial charge in [0.1, 0.15) is 0 Å². The minimum atomic E-state index is -0.368. The number of methoxy groups -OCH3 is 1. The van der Waals surface area contributed by atoms with Crippen LogP contribution in [0.25, 0.3) is 0 Å². The molecule has 0 aromatic heterocycles. The van der Waals surface area contributed by atoms with Crippen molar-refractivity contribution in [2.24, 2.45) is 5.92 Å². The number of benzene rings is 1. The van der Waals surface area contributed by atoms with Gasteiger partial charge in [0.25, 0.3) is 0 Å². The maximum absolute atomic E-state index is 11.9. The highest BCUT2D eigenvalue weighted by Gasteiger charge is 2.18. The first-order chi connectivity index (χ1) is 8.93. The zero-order valence-corrected chi connectivity index (χ0v) is 11.3. The summed E-state index contributed by atoms with van der Waals surface area (Å²) in [4.78, 5) is 24.6. The zero-order chi connectivity index (χ0) is 14.4. The predicted octanol–water partition coefficient (Wildman–Crippen LogP) is 1.54. The number of nitrogens with one attached hydrogen (secondary N) is 1. The zero-order valence-electron chi connectivity index (χ0n) is 11.3. The van der Waals surface area contributed by atoms with E-state index in [2.05, 4.69) is 10.1 Å². The average Bonchev–Trinajstić information content (AvgIpc) is 2.40. The summed E-state index contributed by atoms with van der Waals surface area (Å²) < 4.78 is 4.61. The molecule has 1 atom stereocenters. The van der Waals surface area contributed by atoms with Gasteiger partial charge in [-0.25, -0.2) is 4.79 Å². The molecular formula is C13H19N3O3. The van der Waals surface area contributed by atoms with Crippen LogP contribution in [-0.2, 0) is 9.53 Å². The second-order valence-electron chi connectivity index (χ2n) is 4.36. The topological polar surface area (TPSA) is 84.7 Å². The van der Waals surface area contributed by atoms with Crippen molar-refractivity contribution in [2.45, 2.75) is 6.92 Å². The fourth-order valence-corrected chi connectivity index (χ4v) is 1.55. The van der Waals surface area contributed by atoms with Gasteiger partial charge in [-0.05, 0) is 24.3 Å². The van der Waals surface area contributed by atoms with Gasteiger partial charge in [0.15, 0.2) is 0 Å². The molecule has 0 radical (unpaired) electrons. The molecular weight excluding hydrogens is 246 g/mol. The summed E-state index contributed by atoms with van der Waals surface area (Å²) in [5.74, 6) is -0.709. The van der Waals surface area contributed by atoms with Crippen LogP contribution in [0.2, 0.25) is 0 Å². The third-order valence-corrected chi connectivity index (χ3v) is 2.66. The number of ether oxygens (including phenoxy) is 1. The van der Waals surface area contributed by atoms with E-state index >= 15 is 0 Å². The number of nitrogens with two attached hydrogens (primary N) is 1. The number of hydrogen-bond donors (Lipinski definition) is 2. The first kappa shape index (κ1) is 14.8. The Morgan fingerprint density at radius 3 is 2.47 bits per heavy atom. The first-order valence-electron chi connectivity index (χ1n) is 5.89. The molecule has 104 valence electrons. The molecule has 6 nitrogen and oxygen atoms in total. The summed E-state index contributed by atoms with van der Waals surface area (Å²) in [5.41, 5.74) is 6.84. The van der Waals surface area contributed by atoms with Gasteiger partial charge in [0, 0.05) is 25.0 Å². The van der Waals surface area contributed by atoms with Gasteiger partial charge in [0.05, 0.1) is 13.0 Å². The third-order valence-electron chi connectivity index (χ3n) is 2.66. The number of nitrogen functional groups attached to an aromatic ring is 1. The fourth-order valence-electron chi connectivity index (χ4n) is 1.55. The van der Waals surface area contributed by atoms with Gasteiger partial charge in [-0.15, -0.1) is 0 Å². The van der Waals surface area contributed by atoms with E-state index in [9.17, 15) is 9.59 Å². The molecule has 2 amide bonds. The Bertz CT molecular complexity index is 445. The van der Waals surface area contributed by atoms with Crippen LogP contribution in [0, 0.1) is 5.92 Å². The number of hydrogen-bond acceptors (Lipinski definition) is 4. The van der Waals surface area contributed by atoms with E-state index in [0.717, 1.165) is 0 Å². The number of amides is 2. The van der Waals surface area contributed by atoms with Gasteiger partial charge in [-0.2, -0.15) is 0 Å².